The van der Waals surface area contributed by atoms with Crippen LogP contribution in [0.4, 0.5) is 21.5 Å². The molecule has 0 spiro atoms. The van der Waals surface area contributed by atoms with Crippen LogP contribution >= 0.6 is 23.4 Å². The summed E-state index contributed by atoms with van der Waals surface area (Å²) < 4.78 is 13.5. The van der Waals surface area contributed by atoms with Crippen LogP contribution in [0, 0.1) is 26.6 Å². The number of carbonyl (C=O) groups excluding carboxylic acids is 1. The number of hydrogen-bond donors (Lipinski definition) is 1. The van der Waals surface area contributed by atoms with Gasteiger partial charge in [0, 0.05) is 17.1 Å². The van der Waals surface area contributed by atoms with E-state index in [0.29, 0.717) is 17.1 Å². The molecule has 168 valence electrons. The number of hydrogen-bond acceptors (Lipinski definition) is 4. The summed E-state index contributed by atoms with van der Waals surface area (Å²) in [5, 5.41) is 4.30. The monoisotopic (exact) mass is 479 g/mol. The second-order valence-corrected chi connectivity index (χ2v) is 9.38. The van der Waals surface area contributed by atoms with E-state index in [1.807, 2.05) is 39.0 Å². The molecule has 7 heteroatoms. The van der Waals surface area contributed by atoms with E-state index in [0.717, 1.165) is 44.4 Å². The van der Waals surface area contributed by atoms with Crippen molar-refractivity contribution in [3.63, 3.8) is 0 Å². The molecule has 0 atom stereocenters. The maximum atomic E-state index is 13.5. The molecule has 1 N–H and O–H groups in total. The fraction of sp³-hybridized carbons (Fsp3) is 0.192. The lowest BCUT2D eigenvalue weighted by atomic mass is 10.1. The van der Waals surface area contributed by atoms with Crippen molar-refractivity contribution in [2.75, 3.05) is 11.1 Å². The van der Waals surface area contributed by atoms with E-state index in [2.05, 4.69) is 5.32 Å². The Morgan fingerprint density at radius 3 is 2.39 bits per heavy atom. The van der Waals surface area contributed by atoms with Crippen LogP contribution in [0.1, 0.15) is 28.7 Å². The SMILES string of the molecule is Cc1cc2c(cc1C)N=C(c1ccc(F)cc1)CC(SCC(=O)Nc1cccc(Cl)c1C)=N2. The van der Waals surface area contributed by atoms with Crippen molar-refractivity contribution in [3.05, 3.63) is 87.7 Å². The molecule has 1 amide bonds. The highest BCUT2D eigenvalue weighted by atomic mass is 35.5. The Hall–Kier alpha value is -2.96. The number of nitrogens with zero attached hydrogens (tertiary/aromatic N) is 2. The normalized spacial score (nSPS) is 13.0. The topological polar surface area (TPSA) is 53.8 Å². The van der Waals surface area contributed by atoms with Crippen molar-refractivity contribution in [2.45, 2.75) is 27.2 Å². The number of benzene rings is 3. The van der Waals surface area contributed by atoms with Crippen LogP contribution in [0.5, 0.6) is 0 Å². The molecule has 0 saturated carbocycles. The molecule has 3 aromatic carbocycles. The number of thioether (sulfide) groups is 1. The number of halogens is 2. The summed E-state index contributed by atoms with van der Waals surface area (Å²) in [6, 6.07) is 15.7. The maximum Gasteiger partial charge on any atom is 0.234 e. The molecule has 0 saturated heterocycles. The molecule has 1 aliphatic rings. The molecule has 3 aromatic rings. The van der Waals surface area contributed by atoms with Crippen molar-refractivity contribution >= 4 is 57.1 Å². The summed E-state index contributed by atoms with van der Waals surface area (Å²) >= 11 is 7.53. The lowest BCUT2D eigenvalue weighted by Gasteiger charge is -2.10. The smallest absolute Gasteiger partial charge is 0.234 e. The van der Waals surface area contributed by atoms with Crippen LogP contribution in [0.15, 0.2) is 64.6 Å². The van der Waals surface area contributed by atoms with Gasteiger partial charge in [0.15, 0.2) is 0 Å². The second kappa shape index (κ2) is 9.89. The molecule has 33 heavy (non-hydrogen) atoms. The molecule has 1 heterocycles. The van der Waals surface area contributed by atoms with Crippen LogP contribution in [0.3, 0.4) is 0 Å². The van der Waals surface area contributed by atoms with Crippen molar-refractivity contribution < 1.29 is 9.18 Å². The predicted octanol–water partition coefficient (Wildman–Crippen LogP) is 7.33. The largest absolute Gasteiger partial charge is 0.325 e. The van der Waals surface area contributed by atoms with Gasteiger partial charge in [-0.15, -0.1) is 11.8 Å². The number of fused-ring (bicyclic) bond motifs is 1. The zero-order valence-electron chi connectivity index (χ0n) is 18.6. The molecular formula is C26H23ClFN3OS. The van der Waals surface area contributed by atoms with Gasteiger partial charge in [-0.25, -0.2) is 9.38 Å². The minimum absolute atomic E-state index is 0.141. The predicted molar refractivity (Wildman–Crippen MR) is 138 cm³/mol. The van der Waals surface area contributed by atoms with E-state index >= 15 is 0 Å². The van der Waals surface area contributed by atoms with E-state index < -0.39 is 0 Å². The van der Waals surface area contributed by atoms with Crippen molar-refractivity contribution in [2.24, 2.45) is 9.98 Å². The first-order valence-corrected chi connectivity index (χ1v) is 11.9. The first-order chi connectivity index (χ1) is 15.8. The van der Waals surface area contributed by atoms with Gasteiger partial charge in [-0.1, -0.05) is 29.8 Å². The molecule has 4 nitrogen and oxygen atoms in total. The van der Waals surface area contributed by atoms with Gasteiger partial charge in [-0.3, -0.25) is 9.79 Å². The van der Waals surface area contributed by atoms with Gasteiger partial charge in [-0.05, 0) is 79.4 Å². The highest BCUT2D eigenvalue weighted by Crippen LogP contribution is 2.36. The van der Waals surface area contributed by atoms with Crippen LogP contribution in [0.2, 0.25) is 5.02 Å². The fourth-order valence-corrected chi connectivity index (χ4v) is 4.38. The average molecular weight is 480 g/mol. The Kier molecular flexibility index (Phi) is 6.96. The van der Waals surface area contributed by atoms with Gasteiger partial charge in [0.1, 0.15) is 5.82 Å². The first kappa shape index (κ1) is 23.2. The number of aryl methyl sites for hydroxylation is 2. The van der Waals surface area contributed by atoms with Gasteiger partial charge in [0.05, 0.1) is 27.9 Å². The fourth-order valence-electron chi connectivity index (χ4n) is 3.44. The highest BCUT2D eigenvalue weighted by Gasteiger charge is 2.18. The van der Waals surface area contributed by atoms with Gasteiger partial charge >= 0.3 is 0 Å². The third-order valence-electron chi connectivity index (χ3n) is 5.50. The van der Waals surface area contributed by atoms with E-state index in [-0.39, 0.29) is 17.5 Å². The van der Waals surface area contributed by atoms with Crippen LogP contribution in [0.25, 0.3) is 0 Å². The summed E-state index contributed by atoms with van der Waals surface area (Å²) in [6.45, 7) is 5.94. The van der Waals surface area contributed by atoms with Gasteiger partial charge in [0.25, 0.3) is 0 Å². The van der Waals surface area contributed by atoms with Gasteiger partial charge < -0.3 is 5.32 Å². The molecule has 4 rings (SSSR count). The van der Waals surface area contributed by atoms with Crippen molar-refractivity contribution in [1.82, 2.24) is 0 Å². The summed E-state index contributed by atoms with van der Waals surface area (Å²) in [7, 11) is 0. The van der Waals surface area contributed by atoms with E-state index in [9.17, 15) is 9.18 Å². The Labute approximate surface area is 202 Å². The first-order valence-electron chi connectivity index (χ1n) is 10.5. The van der Waals surface area contributed by atoms with E-state index in [4.69, 9.17) is 21.6 Å². The molecular weight excluding hydrogens is 457 g/mol. The van der Waals surface area contributed by atoms with E-state index in [1.54, 1.807) is 24.3 Å². The number of nitrogens with one attached hydrogen (secondary N) is 1. The third kappa shape index (κ3) is 5.52. The summed E-state index contributed by atoms with van der Waals surface area (Å²) in [5.74, 6) is -0.240. The molecule has 0 aromatic heterocycles. The van der Waals surface area contributed by atoms with E-state index in [1.165, 1.54) is 23.9 Å². The zero-order chi connectivity index (χ0) is 23.5. The van der Waals surface area contributed by atoms with Crippen LogP contribution < -0.4 is 5.32 Å². The number of amides is 1. The third-order valence-corrected chi connectivity index (χ3v) is 6.88. The summed E-state index contributed by atoms with van der Waals surface area (Å²) in [6.07, 6.45) is 0.451. The van der Waals surface area contributed by atoms with Gasteiger partial charge in [-0.2, -0.15) is 0 Å². The highest BCUT2D eigenvalue weighted by molar-refractivity contribution is 8.14. The maximum absolute atomic E-state index is 13.5. The molecule has 0 fully saturated rings. The Morgan fingerprint density at radius 1 is 1.03 bits per heavy atom. The summed E-state index contributed by atoms with van der Waals surface area (Å²) in [5.41, 5.74) is 6.92. The lowest BCUT2D eigenvalue weighted by molar-refractivity contribution is -0.113. The van der Waals surface area contributed by atoms with Crippen molar-refractivity contribution in [3.8, 4) is 0 Å². The number of aliphatic imine (C=N–C) groups is 2. The molecule has 0 bridgehead atoms. The van der Waals surface area contributed by atoms with Gasteiger partial charge in [0.2, 0.25) is 5.91 Å². The second-order valence-electron chi connectivity index (χ2n) is 7.92. The average Bonchev–Trinajstić information content (AvgIpc) is 2.95. The molecule has 1 aliphatic heterocycles. The summed E-state index contributed by atoms with van der Waals surface area (Å²) in [4.78, 5) is 22.3. The number of carbonyl (C=O) groups is 1. The standard InChI is InChI=1S/C26H23ClFN3OS/c1-15-11-23-24(12-16(15)2)31-26(13-22(29-23)18-7-9-19(28)10-8-18)33-14-25(32)30-21-6-4-5-20(27)17(21)3/h4-12H,13-14H2,1-3H3,(H,30,32). The minimum Gasteiger partial charge on any atom is -0.325 e. The Bertz CT molecular complexity index is 1290. The van der Waals surface area contributed by atoms with Crippen LogP contribution in [-0.2, 0) is 4.79 Å². The Balaban J connectivity index is 1.59. The number of rotatable bonds is 4. The Morgan fingerprint density at radius 2 is 1.70 bits per heavy atom. The number of anilines is 1. The minimum atomic E-state index is -0.295. The molecule has 0 aliphatic carbocycles. The quantitative estimate of drug-likeness (QED) is 0.425. The molecule has 0 radical (unpaired) electrons. The molecule has 0 unspecified atom stereocenters. The van der Waals surface area contributed by atoms with Crippen molar-refractivity contribution in [1.29, 1.82) is 0 Å². The lowest BCUT2D eigenvalue weighted by Crippen LogP contribution is -2.17. The zero-order valence-corrected chi connectivity index (χ0v) is 20.1. The van der Waals surface area contributed by atoms with Crippen LogP contribution in [-0.4, -0.2) is 22.4 Å².